The molecule has 3 fully saturated rings. The number of hydrogen-bond acceptors (Lipinski definition) is 5. The van der Waals surface area contributed by atoms with Gasteiger partial charge in [0.15, 0.2) is 11.6 Å². The SMILES string of the molecule is [C-]#[N+]C1=C[C@]2(C)C3=CC(=O)[C@@H]4C5CC(C)(C)CC[C@]5(C(=O)n5cnc(-c6cccnc6)c5)CC[C@@]4(C)[C@]3(C)CCC2C(C)(C)C1=O. The Balaban J connectivity index is 1.34. The summed E-state index contributed by atoms with van der Waals surface area (Å²) in [5, 5.41) is 0. The third-order valence-electron chi connectivity index (χ3n) is 14.0. The van der Waals surface area contributed by atoms with Gasteiger partial charge in [0.25, 0.3) is 0 Å². The first-order chi connectivity index (χ1) is 21.5. The molecule has 7 atom stereocenters. The van der Waals surface area contributed by atoms with E-state index >= 15 is 0 Å². The molecule has 2 aromatic heterocycles. The molecular formula is C39H46N4O3. The lowest BCUT2D eigenvalue weighted by Crippen LogP contribution is -2.66. The Kier molecular flexibility index (Phi) is 6.52. The molecule has 0 amide bonds. The molecule has 3 saturated carbocycles. The smallest absolute Gasteiger partial charge is 0.238 e. The number of Topliss-reactive ketones (excluding diaryl/α,β-unsaturated/α-hetero) is 1. The largest absolute Gasteiger partial charge is 0.307 e. The van der Waals surface area contributed by atoms with E-state index in [4.69, 9.17) is 6.57 Å². The van der Waals surface area contributed by atoms with E-state index in [9.17, 15) is 14.4 Å². The first-order valence-corrected chi connectivity index (χ1v) is 16.9. The number of imidazole rings is 1. The second-order valence-electron chi connectivity index (χ2n) is 17.1. The van der Waals surface area contributed by atoms with E-state index in [2.05, 4.69) is 49.4 Å². The zero-order valence-corrected chi connectivity index (χ0v) is 28.3. The fourth-order valence-corrected chi connectivity index (χ4v) is 11.3. The van der Waals surface area contributed by atoms with Crippen LogP contribution in [0.1, 0.15) is 98.2 Å². The summed E-state index contributed by atoms with van der Waals surface area (Å²) in [6.45, 7) is 23.2. The van der Waals surface area contributed by atoms with Crippen LogP contribution in [0.15, 0.2) is 60.5 Å². The van der Waals surface area contributed by atoms with Gasteiger partial charge in [-0.05, 0) is 91.2 Å². The molecule has 5 aliphatic rings. The van der Waals surface area contributed by atoms with Gasteiger partial charge in [-0.25, -0.2) is 9.83 Å². The van der Waals surface area contributed by atoms with Crippen LogP contribution in [0.2, 0.25) is 0 Å². The Morgan fingerprint density at radius 2 is 1.76 bits per heavy atom. The lowest BCUT2D eigenvalue weighted by Gasteiger charge is -2.69. The third kappa shape index (κ3) is 3.91. The first-order valence-electron chi connectivity index (χ1n) is 16.9. The number of pyridine rings is 1. The summed E-state index contributed by atoms with van der Waals surface area (Å²) in [6, 6.07) is 3.81. The van der Waals surface area contributed by atoms with Crippen molar-refractivity contribution in [3.05, 3.63) is 71.9 Å². The van der Waals surface area contributed by atoms with Crippen molar-refractivity contribution >= 4 is 17.5 Å². The van der Waals surface area contributed by atoms with Gasteiger partial charge in [0, 0.05) is 40.9 Å². The van der Waals surface area contributed by atoms with Crippen molar-refractivity contribution in [1.29, 1.82) is 0 Å². The predicted octanol–water partition coefficient (Wildman–Crippen LogP) is 8.16. The monoisotopic (exact) mass is 618 g/mol. The van der Waals surface area contributed by atoms with Gasteiger partial charge < -0.3 is 4.79 Å². The lowest BCUT2D eigenvalue weighted by molar-refractivity contribution is -0.164. The van der Waals surface area contributed by atoms with E-state index in [1.165, 1.54) is 0 Å². The zero-order chi connectivity index (χ0) is 33.1. The number of allylic oxidation sites excluding steroid dienone is 4. The number of fused-ring (bicyclic) bond motifs is 7. The zero-order valence-electron chi connectivity index (χ0n) is 28.3. The number of rotatable bonds is 2. The van der Waals surface area contributed by atoms with Gasteiger partial charge in [-0.2, -0.15) is 0 Å². The average molecular weight is 619 g/mol. The molecule has 2 aromatic rings. The second kappa shape index (κ2) is 9.69. The van der Waals surface area contributed by atoms with Crippen LogP contribution in [0, 0.1) is 56.8 Å². The fourth-order valence-electron chi connectivity index (χ4n) is 11.3. The molecule has 0 radical (unpaired) electrons. The Hall–Kier alpha value is -3.66. The van der Waals surface area contributed by atoms with Crippen molar-refractivity contribution in [3.63, 3.8) is 0 Å². The summed E-state index contributed by atoms with van der Waals surface area (Å²) in [5.41, 5.74) is 0.299. The molecule has 0 aliphatic heterocycles. The highest BCUT2D eigenvalue weighted by molar-refractivity contribution is 6.03. The summed E-state index contributed by atoms with van der Waals surface area (Å²) in [5.74, 6) is -0.292. The molecule has 0 spiro atoms. The maximum atomic E-state index is 14.8. The van der Waals surface area contributed by atoms with E-state index in [1.807, 2.05) is 44.3 Å². The van der Waals surface area contributed by atoms with Crippen LogP contribution >= 0.6 is 0 Å². The molecule has 46 heavy (non-hydrogen) atoms. The molecule has 0 bridgehead atoms. The Morgan fingerprint density at radius 1 is 1.02 bits per heavy atom. The average Bonchev–Trinajstić information content (AvgIpc) is 3.50. The Bertz CT molecular complexity index is 1770. The first kappa shape index (κ1) is 31.0. The van der Waals surface area contributed by atoms with E-state index < -0.39 is 16.2 Å². The van der Waals surface area contributed by atoms with E-state index in [0.717, 1.165) is 56.1 Å². The van der Waals surface area contributed by atoms with Crippen LogP contribution in [0.3, 0.4) is 0 Å². The standard InChI is InChI=1S/C39H46N4O3/c1-34(2)13-15-39(33(46)43-22-27(42-23-43)24-10-9-17-41-21-24)16-14-38(7)31(25(39)19-34)28(44)18-30-36(5)20-26(40-8)32(45)35(3,4)29(36)11-12-37(30,38)6/h9-10,17-18,20-23,25,29,31H,11-16,19H2,1-7H3/t25?,29?,31-,36-,37+,38+,39-/m0/s1. The Labute approximate surface area is 272 Å². The minimum Gasteiger partial charge on any atom is -0.307 e. The minimum absolute atomic E-state index is 0.0122. The van der Waals surface area contributed by atoms with E-state index in [1.54, 1.807) is 23.3 Å². The molecule has 0 aromatic carbocycles. The van der Waals surface area contributed by atoms with Crippen LogP contribution in [-0.2, 0) is 9.59 Å². The molecule has 0 saturated heterocycles. The predicted molar refractivity (Wildman–Crippen MR) is 176 cm³/mol. The third-order valence-corrected chi connectivity index (χ3v) is 14.0. The van der Waals surface area contributed by atoms with Crippen molar-refractivity contribution in [3.8, 4) is 11.3 Å². The van der Waals surface area contributed by atoms with Crippen LogP contribution in [0.25, 0.3) is 16.1 Å². The summed E-state index contributed by atoms with van der Waals surface area (Å²) >= 11 is 0. The molecule has 7 nitrogen and oxygen atoms in total. The topological polar surface area (TPSA) is 86.3 Å². The summed E-state index contributed by atoms with van der Waals surface area (Å²) in [6.07, 6.45) is 16.5. The summed E-state index contributed by atoms with van der Waals surface area (Å²) < 4.78 is 1.68. The molecule has 0 N–H and O–H groups in total. The maximum Gasteiger partial charge on any atom is 0.238 e. The quantitative estimate of drug-likeness (QED) is 0.317. The van der Waals surface area contributed by atoms with Crippen molar-refractivity contribution in [1.82, 2.24) is 14.5 Å². The van der Waals surface area contributed by atoms with Gasteiger partial charge >= 0.3 is 0 Å². The van der Waals surface area contributed by atoms with Crippen LogP contribution < -0.4 is 0 Å². The van der Waals surface area contributed by atoms with Gasteiger partial charge in [-0.15, -0.1) is 0 Å². The second-order valence-corrected chi connectivity index (χ2v) is 17.1. The molecular weight excluding hydrogens is 572 g/mol. The number of ketones is 2. The Morgan fingerprint density at radius 3 is 2.46 bits per heavy atom. The molecule has 5 aliphatic carbocycles. The van der Waals surface area contributed by atoms with E-state index in [-0.39, 0.29) is 57.2 Å². The van der Waals surface area contributed by atoms with Crippen LogP contribution in [-0.4, -0.2) is 32.0 Å². The molecule has 2 unspecified atom stereocenters. The highest BCUT2D eigenvalue weighted by Crippen LogP contribution is 2.74. The molecule has 7 rings (SSSR count). The fraction of sp³-hybridized carbons (Fsp3) is 0.590. The van der Waals surface area contributed by atoms with Crippen LogP contribution in [0.5, 0.6) is 0 Å². The normalized spacial score (nSPS) is 39.0. The minimum atomic E-state index is -0.687. The van der Waals surface area contributed by atoms with Crippen molar-refractivity contribution in [2.45, 2.75) is 93.4 Å². The lowest BCUT2D eigenvalue weighted by atomic mass is 9.34. The molecule has 7 heteroatoms. The van der Waals surface area contributed by atoms with Gasteiger partial charge in [0.1, 0.15) is 6.33 Å². The number of nitrogens with zero attached hydrogens (tertiary/aromatic N) is 4. The number of carbonyl (C=O) groups is 3. The summed E-state index contributed by atoms with van der Waals surface area (Å²) in [7, 11) is 0. The van der Waals surface area contributed by atoms with Crippen LogP contribution in [0.4, 0.5) is 0 Å². The van der Waals surface area contributed by atoms with Crippen molar-refractivity contribution < 1.29 is 14.4 Å². The number of hydrogen-bond donors (Lipinski definition) is 0. The van der Waals surface area contributed by atoms with Gasteiger partial charge in [0.05, 0.1) is 17.7 Å². The van der Waals surface area contributed by atoms with E-state index in [0.29, 0.717) is 5.69 Å². The maximum absolute atomic E-state index is 14.8. The number of carbonyl (C=O) groups excluding carboxylic acids is 3. The summed E-state index contributed by atoms with van der Waals surface area (Å²) in [4.78, 5) is 55.5. The van der Waals surface area contributed by atoms with Gasteiger partial charge in [-0.1, -0.05) is 60.1 Å². The highest BCUT2D eigenvalue weighted by Gasteiger charge is 2.70. The van der Waals surface area contributed by atoms with Gasteiger partial charge in [0.2, 0.25) is 11.6 Å². The molecule has 240 valence electrons. The molecule has 2 heterocycles. The number of aromatic nitrogens is 3. The highest BCUT2D eigenvalue weighted by atomic mass is 16.2. The van der Waals surface area contributed by atoms with Crippen molar-refractivity contribution in [2.24, 2.45) is 50.2 Å². The van der Waals surface area contributed by atoms with Gasteiger partial charge in [-0.3, -0.25) is 19.1 Å². The van der Waals surface area contributed by atoms with Crippen molar-refractivity contribution in [2.75, 3.05) is 0 Å².